The number of H-pyrrole nitrogens is 1. The number of nitrogen functional groups attached to an aromatic ring is 1. The van der Waals surface area contributed by atoms with Crippen molar-refractivity contribution in [1.82, 2.24) is 14.5 Å². The fourth-order valence-electron chi connectivity index (χ4n) is 2.05. The molecule has 0 aliphatic heterocycles. The number of rotatable bonds is 5. The number of nitrogens with one attached hydrogen (secondary N) is 2. The Kier molecular flexibility index (Phi) is 4.17. The van der Waals surface area contributed by atoms with Gasteiger partial charge in [-0.3, -0.25) is 14.3 Å². The van der Waals surface area contributed by atoms with E-state index in [1.165, 1.54) is 15.9 Å². The van der Waals surface area contributed by atoms with Gasteiger partial charge in [0, 0.05) is 18.1 Å². The van der Waals surface area contributed by atoms with Crippen molar-refractivity contribution in [2.24, 2.45) is 0 Å². The van der Waals surface area contributed by atoms with E-state index in [1.54, 1.807) is 6.20 Å². The molecule has 2 aromatic rings. The van der Waals surface area contributed by atoms with Crippen LogP contribution in [0.2, 0.25) is 0 Å². The van der Waals surface area contributed by atoms with Crippen molar-refractivity contribution in [2.75, 3.05) is 11.1 Å². The summed E-state index contributed by atoms with van der Waals surface area (Å²) in [5, 5.41) is 5.80. The molecule has 2 rings (SSSR count). The van der Waals surface area contributed by atoms with Gasteiger partial charge in [-0.15, -0.1) is 11.3 Å². The lowest BCUT2D eigenvalue weighted by Gasteiger charge is -2.26. The molecule has 0 bridgehead atoms. The second-order valence-electron chi connectivity index (χ2n) is 5.26. The molecule has 0 aliphatic carbocycles. The quantitative estimate of drug-likeness (QED) is 0.772. The molecule has 0 atom stereocenters. The topological polar surface area (TPSA) is 106 Å². The number of hydrogen-bond acceptors (Lipinski definition) is 6. The fourth-order valence-corrected chi connectivity index (χ4v) is 2.77. The number of thiazole rings is 1. The monoisotopic (exact) mass is 309 g/mol. The van der Waals surface area contributed by atoms with Crippen LogP contribution in [0.1, 0.15) is 32.2 Å². The molecule has 2 heterocycles. The van der Waals surface area contributed by atoms with E-state index in [2.05, 4.69) is 15.3 Å². The predicted octanol–water partition coefficient (Wildman–Crippen LogP) is 1.33. The Morgan fingerprint density at radius 2 is 2.19 bits per heavy atom. The van der Waals surface area contributed by atoms with Gasteiger partial charge >= 0.3 is 5.69 Å². The zero-order valence-corrected chi connectivity index (χ0v) is 13.1. The van der Waals surface area contributed by atoms with Gasteiger partial charge in [-0.2, -0.15) is 0 Å². The number of aromatic nitrogens is 3. The zero-order valence-electron chi connectivity index (χ0n) is 12.3. The minimum Gasteiger partial charge on any atom is -0.383 e. The minimum atomic E-state index is -0.566. The first-order valence-corrected chi connectivity index (χ1v) is 7.55. The Morgan fingerprint density at radius 3 is 2.76 bits per heavy atom. The summed E-state index contributed by atoms with van der Waals surface area (Å²) < 4.78 is 1.36. The van der Waals surface area contributed by atoms with Crippen LogP contribution in [0.5, 0.6) is 0 Å². The molecule has 7 nitrogen and oxygen atoms in total. The number of anilines is 2. The number of nitrogens with two attached hydrogens (primary N) is 1. The molecule has 0 saturated carbocycles. The second kappa shape index (κ2) is 5.72. The number of hydrogen-bond donors (Lipinski definition) is 3. The third-order valence-electron chi connectivity index (χ3n) is 3.09. The van der Waals surface area contributed by atoms with Gasteiger partial charge < -0.3 is 11.1 Å². The van der Waals surface area contributed by atoms with Crippen molar-refractivity contribution < 1.29 is 0 Å². The highest BCUT2D eigenvalue weighted by Crippen LogP contribution is 2.27. The van der Waals surface area contributed by atoms with Crippen LogP contribution in [0.4, 0.5) is 11.5 Å². The van der Waals surface area contributed by atoms with Crippen molar-refractivity contribution in [2.45, 2.75) is 39.3 Å². The summed E-state index contributed by atoms with van der Waals surface area (Å²) in [4.78, 5) is 30.4. The van der Waals surface area contributed by atoms with Crippen molar-refractivity contribution in [3.63, 3.8) is 0 Å². The van der Waals surface area contributed by atoms with Gasteiger partial charge in [-0.1, -0.05) is 6.92 Å². The first-order chi connectivity index (χ1) is 9.86. The second-order valence-corrected chi connectivity index (χ2v) is 6.15. The first kappa shape index (κ1) is 15.3. The lowest BCUT2D eigenvalue weighted by Crippen LogP contribution is -2.38. The van der Waals surface area contributed by atoms with E-state index >= 15 is 0 Å². The van der Waals surface area contributed by atoms with Gasteiger partial charge in [0.25, 0.3) is 5.56 Å². The van der Waals surface area contributed by atoms with Gasteiger partial charge in [0.1, 0.15) is 16.5 Å². The molecule has 0 spiro atoms. The Hall–Kier alpha value is -2.09. The van der Waals surface area contributed by atoms with E-state index in [0.717, 1.165) is 11.4 Å². The average Bonchev–Trinajstić information content (AvgIpc) is 2.94. The van der Waals surface area contributed by atoms with Gasteiger partial charge in [-0.25, -0.2) is 9.78 Å². The van der Waals surface area contributed by atoms with E-state index in [1.807, 2.05) is 26.2 Å². The van der Waals surface area contributed by atoms with Crippen LogP contribution in [0.15, 0.2) is 21.2 Å². The van der Waals surface area contributed by atoms with E-state index in [4.69, 9.17) is 5.73 Å². The van der Waals surface area contributed by atoms with E-state index in [-0.39, 0.29) is 11.5 Å². The lowest BCUT2D eigenvalue weighted by molar-refractivity contribution is 0.595. The highest BCUT2D eigenvalue weighted by Gasteiger charge is 2.26. The standard InChI is InChI=1S/C13H19N5O2S/c1-4-6-18-9(14)8(10(19)16-12(18)20)17-13(2,3)11-15-5-7-21-11/h5,7,17H,4,6,14H2,1-3H3,(H,16,19,20). The molecule has 0 radical (unpaired) electrons. The molecule has 0 aromatic carbocycles. The zero-order chi connectivity index (χ0) is 15.6. The Labute approximate surface area is 125 Å². The number of nitrogens with zero attached hydrogens (tertiary/aromatic N) is 2. The van der Waals surface area contributed by atoms with Crippen molar-refractivity contribution in [1.29, 1.82) is 0 Å². The summed E-state index contributed by atoms with van der Waals surface area (Å²) >= 11 is 1.48. The van der Waals surface area contributed by atoms with E-state index < -0.39 is 16.8 Å². The van der Waals surface area contributed by atoms with Gasteiger partial charge in [-0.05, 0) is 20.3 Å². The number of aromatic amines is 1. The molecule has 8 heteroatoms. The third-order valence-corrected chi connectivity index (χ3v) is 4.19. The van der Waals surface area contributed by atoms with Crippen LogP contribution in [0.3, 0.4) is 0 Å². The first-order valence-electron chi connectivity index (χ1n) is 6.67. The van der Waals surface area contributed by atoms with Gasteiger partial charge in [0.2, 0.25) is 0 Å². The van der Waals surface area contributed by atoms with Crippen molar-refractivity contribution in [3.05, 3.63) is 37.4 Å². The molecular weight excluding hydrogens is 290 g/mol. The molecule has 0 saturated heterocycles. The van der Waals surface area contributed by atoms with Crippen LogP contribution in [-0.4, -0.2) is 14.5 Å². The maximum absolute atomic E-state index is 12.0. The van der Waals surface area contributed by atoms with Crippen LogP contribution in [0.25, 0.3) is 0 Å². The van der Waals surface area contributed by atoms with Crippen molar-refractivity contribution in [3.8, 4) is 0 Å². The maximum atomic E-state index is 12.0. The maximum Gasteiger partial charge on any atom is 0.330 e. The average molecular weight is 309 g/mol. The molecule has 0 fully saturated rings. The summed E-state index contributed by atoms with van der Waals surface area (Å²) in [7, 11) is 0. The third kappa shape index (κ3) is 2.99. The summed E-state index contributed by atoms with van der Waals surface area (Å²) in [5.41, 5.74) is 4.62. The Balaban J connectivity index is 2.47. The molecule has 21 heavy (non-hydrogen) atoms. The SMILES string of the molecule is CCCn1c(N)c(NC(C)(C)c2nccs2)c(=O)[nH]c1=O. The van der Waals surface area contributed by atoms with Crippen molar-refractivity contribution >= 4 is 22.8 Å². The summed E-state index contributed by atoms with van der Waals surface area (Å²) in [6.45, 7) is 6.19. The summed E-state index contributed by atoms with van der Waals surface area (Å²) in [6.07, 6.45) is 2.44. The molecular formula is C13H19N5O2S. The molecule has 0 aliphatic rings. The van der Waals surface area contributed by atoms with E-state index in [9.17, 15) is 9.59 Å². The smallest absolute Gasteiger partial charge is 0.330 e. The highest BCUT2D eigenvalue weighted by molar-refractivity contribution is 7.09. The molecule has 2 aromatic heterocycles. The van der Waals surface area contributed by atoms with E-state index in [0.29, 0.717) is 6.54 Å². The minimum absolute atomic E-state index is 0.148. The normalized spacial score (nSPS) is 11.6. The van der Waals surface area contributed by atoms with Crippen LogP contribution < -0.4 is 22.3 Å². The Bertz CT molecular complexity index is 730. The Morgan fingerprint density at radius 1 is 1.48 bits per heavy atom. The van der Waals surface area contributed by atoms with Crippen LogP contribution >= 0.6 is 11.3 Å². The molecule has 4 N–H and O–H groups in total. The van der Waals surface area contributed by atoms with Crippen LogP contribution in [0, 0.1) is 0 Å². The highest BCUT2D eigenvalue weighted by atomic mass is 32.1. The van der Waals surface area contributed by atoms with Gasteiger partial charge in [0.05, 0.1) is 5.54 Å². The molecule has 0 unspecified atom stereocenters. The van der Waals surface area contributed by atoms with Gasteiger partial charge in [0.15, 0.2) is 0 Å². The summed E-state index contributed by atoms with van der Waals surface area (Å²) in [5.74, 6) is 0.148. The van der Waals surface area contributed by atoms with Crippen LogP contribution in [-0.2, 0) is 12.1 Å². The lowest BCUT2D eigenvalue weighted by atomic mass is 10.1. The largest absolute Gasteiger partial charge is 0.383 e. The predicted molar refractivity (Wildman–Crippen MR) is 84.8 cm³/mol. The molecule has 0 amide bonds. The summed E-state index contributed by atoms with van der Waals surface area (Å²) in [6, 6.07) is 0. The fraction of sp³-hybridized carbons (Fsp3) is 0.462. The molecule has 114 valence electrons.